The molecule has 0 aromatic carbocycles. The predicted molar refractivity (Wildman–Crippen MR) is 69.3 cm³/mol. The number of nitrogens with zero attached hydrogens (tertiary/aromatic N) is 2. The lowest BCUT2D eigenvalue weighted by molar-refractivity contribution is -0.137. The van der Waals surface area contributed by atoms with Crippen LogP contribution in [0.1, 0.15) is 24.8 Å². The molecule has 8 nitrogen and oxygen atoms in total. The van der Waals surface area contributed by atoms with Crippen LogP contribution < -0.4 is 16.9 Å². The van der Waals surface area contributed by atoms with Crippen molar-refractivity contribution in [2.45, 2.75) is 25.7 Å². The summed E-state index contributed by atoms with van der Waals surface area (Å²) in [7, 11) is 0. The first-order chi connectivity index (χ1) is 8.66. The maximum atomic E-state index is 11.2. The van der Waals surface area contributed by atoms with E-state index in [9.17, 15) is 9.59 Å². The van der Waals surface area contributed by atoms with Crippen molar-refractivity contribution in [2.75, 3.05) is 18.2 Å². The summed E-state index contributed by atoms with van der Waals surface area (Å²) in [6, 6.07) is 0. The summed E-state index contributed by atoms with van der Waals surface area (Å²) in [6.07, 6.45) is 3.69. The van der Waals surface area contributed by atoms with Crippen LogP contribution in [0.4, 0.5) is 5.82 Å². The molecule has 0 bridgehead atoms. The van der Waals surface area contributed by atoms with Gasteiger partial charge in [0.2, 0.25) is 0 Å². The highest BCUT2D eigenvalue weighted by Crippen LogP contribution is 2.21. The third kappa shape index (κ3) is 4.04. The molecule has 0 saturated heterocycles. The standard InChI is InChI=1S/C11H15N3O4.H3N/c15-9(16)3-1-2-5-14-10-8(4-6-18-14)7-12-11(17)13-10;/h7H,1-6H2,(H,15,16)(H,12,13,17);1H3/p+1. The van der Waals surface area contributed by atoms with E-state index in [1.54, 1.807) is 11.3 Å². The number of hydroxylamine groups is 1. The summed E-state index contributed by atoms with van der Waals surface area (Å²) < 4.78 is 0. The van der Waals surface area contributed by atoms with Crippen LogP contribution in [0.2, 0.25) is 0 Å². The van der Waals surface area contributed by atoms with E-state index in [1.165, 1.54) is 0 Å². The number of unbranched alkanes of at least 4 members (excludes halogenated alkanes) is 1. The first-order valence-corrected chi connectivity index (χ1v) is 5.87. The third-order valence-electron chi connectivity index (χ3n) is 2.74. The molecule has 0 unspecified atom stereocenters. The molecule has 0 fully saturated rings. The predicted octanol–water partition coefficient (Wildman–Crippen LogP) is 0.695. The Hall–Kier alpha value is -1.93. The van der Waals surface area contributed by atoms with Gasteiger partial charge in [0.1, 0.15) is 5.82 Å². The van der Waals surface area contributed by atoms with Crippen molar-refractivity contribution >= 4 is 11.8 Å². The van der Waals surface area contributed by atoms with Gasteiger partial charge in [-0.05, 0) is 12.8 Å². The molecule has 6 N–H and O–H groups in total. The maximum Gasteiger partial charge on any atom is 0.346 e. The minimum atomic E-state index is -0.799. The normalized spacial score (nSPS) is 13.6. The summed E-state index contributed by atoms with van der Waals surface area (Å²) in [5, 5.41) is 10.2. The van der Waals surface area contributed by atoms with Gasteiger partial charge in [-0.2, -0.15) is 0 Å². The number of rotatable bonds is 5. The second-order valence-electron chi connectivity index (χ2n) is 4.10. The number of anilines is 1. The smallest absolute Gasteiger partial charge is 0.346 e. The Kier molecular flexibility index (Phi) is 5.46. The van der Waals surface area contributed by atoms with Crippen molar-refractivity contribution in [1.82, 2.24) is 16.1 Å². The molecule has 0 aliphatic carbocycles. The largest absolute Gasteiger partial charge is 0.481 e. The molecule has 0 saturated carbocycles. The molecule has 0 radical (unpaired) electrons. The topological polar surface area (TPSA) is 132 Å². The highest BCUT2D eigenvalue weighted by atomic mass is 16.7. The first-order valence-electron chi connectivity index (χ1n) is 5.87. The number of aromatic amines is 1. The second kappa shape index (κ2) is 6.86. The lowest BCUT2D eigenvalue weighted by Gasteiger charge is -2.29. The number of aromatic nitrogens is 2. The van der Waals surface area contributed by atoms with Crippen LogP contribution in [0, 0.1) is 0 Å². The number of aliphatic carboxylic acids is 1. The fourth-order valence-corrected chi connectivity index (χ4v) is 1.86. The SMILES string of the molecule is O=C(O)CCCCN1OCCc2cnc(=O)[nH]c21.[NH4+]. The lowest BCUT2D eigenvalue weighted by Crippen LogP contribution is -2.34. The van der Waals surface area contributed by atoms with Crippen LogP contribution in [0.3, 0.4) is 0 Å². The van der Waals surface area contributed by atoms with Crippen LogP contribution in [0.5, 0.6) is 0 Å². The molecule has 0 amide bonds. The fourth-order valence-electron chi connectivity index (χ4n) is 1.86. The number of carboxylic acid groups (broad SMARTS) is 1. The molecule has 0 atom stereocenters. The molecule has 0 spiro atoms. The van der Waals surface area contributed by atoms with Crippen molar-refractivity contribution in [2.24, 2.45) is 0 Å². The van der Waals surface area contributed by atoms with Crippen molar-refractivity contribution in [3.8, 4) is 0 Å². The van der Waals surface area contributed by atoms with Crippen LogP contribution in [0.15, 0.2) is 11.0 Å². The number of nitrogens with one attached hydrogen (secondary N) is 1. The zero-order valence-electron chi connectivity index (χ0n) is 10.9. The third-order valence-corrected chi connectivity index (χ3v) is 2.74. The van der Waals surface area contributed by atoms with Gasteiger partial charge in [0.25, 0.3) is 0 Å². The quantitative estimate of drug-likeness (QED) is 0.675. The monoisotopic (exact) mass is 271 g/mol. The van der Waals surface area contributed by atoms with E-state index in [4.69, 9.17) is 9.94 Å². The molecule has 1 aliphatic rings. The van der Waals surface area contributed by atoms with Gasteiger partial charge < -0.3 is 11.3 Å². The Morgan fingerprint density at radius 3 is 3.05 bits per heavy atom. The summed E-state index contributed by atoms with van der Waals surface area (Å²) in [5.74, 6) is -0.163. The van der Waals surface area contributed by atoms with E-state index in [2.05, 4.69) is 9.97 Å². The van der Waals surface area contributed by atoms with Crippen LogP contribution >= 0.6 is 0 Å². The molecular weight excluding hydrogens is 252 g/mol. The summed E-state index contributed by atoms with van der Waals surface area (Å²) in [5.41, 5.74) is 0.536. The Labute approximate surface area is 109 Å². The van der Waals surface area contributed by atoms with Crippen molar-refractivity contribution in [3.63, 3.8) is 0 Å². The molecule has 1 aromatic rings. The molecule has 1 aromatic heterocycles. The molecular formula is C11H19N4O4+. The number of carboxylic acids is 1. The summed E-state index contributed by atoms with van der Waals surface area (Å²) >= 11 is 0. The van der Waals surface area contributed by atoms with Gasteiger partial charge in [0.05, 0.1) is 6.61 Å². The average molecular weight is 271 g/mol. The summed E-state index contributed by atoms with van der Waals surface area (Å²) in [4.78, 5) is 33.3. The Morgan fingerprint density at radius 1 is 1.53 bits per heavy atom. The number of hydrogen-bond donors (Lipinski definition) is 3. The number of H-pyrrole nitrogens is 1. The number of carbonyl (C=O) groups is 1. The zero-order valence-corrected chi connectivity index (χ0v) is 10.9. The second-order valence-corrected chi connectivity index (χ2v) is 4.10. The molecule has 106 valence electrons. The number of quaternary nitrogens is 1. The number of fused-ring (bicyclic) bond motifs is 1. The highest BCUT2D eigenvalue weighted by Gasteiger charge is 2.18. The van der Waals surface area contributed by atoms with Crippen molar-refractivity contribution in [1.29, 1.82) is 0 Å². The van der Waals surface area contributed by atoms with Crippen LogP contribution in [0.25, 0.3) is 0 Å². The van der Waals surface area contributed by atoms with Gasteiger partial charge >= 0.3 is 11.7 Å². The Morgan fingerprint density at radius 2 is 2.32 bits per heavy atom. The molecule has 8 heteroatoms. The first kappa shape index (κ1) is 15.1. The van der Waals surface area contributed by atoms with E-state index in [1.807, 2.05) is 0 Å². The van der Waals surface area contributed by atoms with E-state index in [0.29, 0.717) is 38.2 Å². The van der Waals surface area contributed by atoms with Crippen LogP contribution in [-0.4, -0.2) is 34.2 Å². The summed E-state index contributed by atoms with van der Waals surface area (Å²) in [6.45, 7) is 1.10. The fraction of sp³-hybridized carbons (Fsp3) is 0.545. The average Bonchev–Trinajstić information content (AvgIpc) is 2.34. The highest BCUT2D eigenvalue weighted by molar-refractivity contribution is 5.66. The van der Waals surface area contributed by atoms with Gasteiger partial charge in [0.15, 0.2) is 0 Å². The van der Waals surface area contributed by atoms with Gasteiger partial charge in [-0.1, -0.05) is 0 Å². The van der Waals surface area contributed by atoms with Gasteiger partial charge in [-0.25, -0.2) is 14.8 Å². The van der Waals surface area contributed by atoms with E-state index in [-0.39, 0.29) is 12.6 Å². The van der Waals surface area contributed by atoms with Gasteiger partial charge in [0, 0.05) is 31.1 Å². The molecule has 19 heavy (non-hydrogen) atoms. The minimum absolute atomic E-state index is 0. The van der Waals surface area contributed by atoms with Crippen molar-refractivity contribution in [3.05, 3.63) is 22.2 Å². The van der Waals surface area contributed by atoms with Crippen LogP contribution in [-0.2, 0) is 16.1 Å². The molecule has 2 heterocycles. The molecule has 1 aliphatic heterocycles. The van der Waals surface area contributed by atoms with Crippen molar-refractivity contribution < 1.29 is 14.7 Å². The Bertz CT molecular complexity index is 488. The maximum absolute atomic E-state index is 11.2. The lowest BCUT2D eigenvalue weighted by atomic mass is 10.2. The van der Waals surface area contributed by atoms with E-state index >= 15 is 0 Å². The van der Waals surface area contributed by atoms with E-state index < -0.39 is 11.7 Å². The zero-order chi connectivity index (χ0) is 13.0. The van der Waals surface area contributed by atoms with Gasteiger partial charge in [-0.3, -0.25) is 14.6 Å². The molecule has 2 rings (SSSR count). The van der Waals surface area contributed by atoms with E-state index in [0.717, 1.165) is 5.56 Å². The number of hydrogen-bond acceptors (Lipinski definition) is 5. The minimum Gasteiger partial charge on any atom is -0.481 e. The van der Waals surface area contributed by atoms with Gasteiger partial charge in [-0.15, -0.1) is 0 Å². The Balaban J connectivity index is 0.00000180.